The van der Waals surface area contributed by atoms with Crippen LogP contribution in [0.3, 0.4) is 0 Å². The maximum atomic E-state index is 12.8. The Morgan fingerprint density at radius 1 is 1.30 bits per heavy atom. The Kier molecular flexibility index (Phi) is 4.94. The zero-order valence-corrected chi connectivity index (χ0v) is 12.4. The molecule has 0 N–H and O–H groups in total. The Balaban J connectivity index is 1.89. The molecule has 1 fully saturated rings. The fourth-order valence-corrected chi connectivity index (χ4v) is 3.59. The fraction of sp³-hybridized carbons (Fsp3) is 0.467. The van der Waals surface area contributed by atoms with Crippen LogP contribution < -0.4 is 0 Å². The van der Waals surface area contributed by atoms with Crippen molar-refractivity contribution in [3.05, 3.63) is 41.7 Å². The van der Waals surface area contributed by atoms with E-state index in [1.807, 2.05) is 12.2 Å². The highest BCUT2D eigenvalue weighted by molar-refractivity contribution is 7.92. The van der Waals surface area contributed by atoms with Crippen LogP contribution in [0.5, 0.6) is 0 Å². The molecule has 0 aliphatic carbocycles. The molecule has 1 aromatic carbocycles. The number of rotatable bonds is 3. The molecule has 20 heavy (non-hydrogen) atoms. The molecule has 1 heterocycles. The summed E-state index contributed by atoms with van der Waals surface area (Å²) in [4.78, 5) is 2.14. The van der Waals surface area contributed by atoms with Gasteiger partial charge in [0, 0.05) is 13.1 Å². The number of benzene rings is 1. The number of nitrogens with zero attached hydrogens (tertiary/aromatic N) is 1. The van der Waals surface area contributed by atoms with Crippen LogP contribution in [0.25, 0.3) is 6.08 Å². The molecule has 1 saturated heterocycles. The maximum absolute atomic E-state index is 12.8. The van der Waals surface area contributed by atoms with Gasteiger partial charge in [0.05, 0.1) is 11.0 Å². The quantitative estimate of drug-likeness (QED) is 0.859. The SMILES string of the molecule is CC1CCN(C/C=C/c2ccc(F)cc2)CCS1(=O)=O. The fourth-order valence-electron chi connectivity index (χ4n) is 2.21. The van der Waals surface area contributed by atoms with Gasteiger partial charge in [-0.1, -0.05) is 24.3 Å². The lowest BCUT2D eigenvalue weighted by molar-refractivity contribution is 0.323. The van der Waals surface area contributed by atoms with Crippen LogP contribution in [-0.2, 0) is 9.84 Å². The van der Waals surface area contributed by atoms with Crippen molar-refractivity contribution >= 4 is 15.9 Å². The van der Waals surface area contributed by atoms with E-state index in [9.17, 15) is 12.8 Å². The average molecular weight is 297 g/mol. The average Bonchev–Trinajstić information content (AvgIpc) is 2.54. The van der Waals surface area contributed by atoms with Gasteiger partial charge in [-0.05, 0) is 37.6 Å². The summed E-state index contributed by atoms with van der Waals surface area (Å²) in [5.41, 5.74) is 0.946. The smallest absolute Gasteiger partial charge is 0.154 e. The second-order valence-corrected chi connectivity index (χ2v) is 7.76. The molecule has 1 aromatic rings. The van der Waals surface area contributed by atoms with Crippen molar-refractivity contribution in [2.24, 2.45) is 0 Å². The van der Waals surface area contributed by atoms with Crippen molar-refractivity contribution < 1.29 is 12.8 Å². The Morgan fingerprint density at radius 3 is 2.70 bits per heavy atom. The third-order valence-corrected chi connectivity index (χ3v) is 5.91. The summed E-state index contributed by atoms with van der Waals surface area (Å²) in [6, 6.07) is 6.31. The molecule has 1 aliphatic heterocycles. The summed E-state index contributed by atoms with van der Waals surface area (Å²) in [6.45, 7) is 3.89. The third-order valence-electron chi connectivity index (χ3n) is 3.70. The molecule has 110 valence electrons. The third kappa shape index (κ3) is 4.15. The second-order valence-electron chi connectivity index (χ2n) is 5.22. The lowest BCUT2D eigenvalue weighted by Gasteiger charge is -2.16. The van der Waals surface area contributed by atoms with Crippen molar-refractivity contribution in [2.45, 2.75) is 18.6 Å². The molecule has 0 bridgehead atoms. The van der Waals surface area contributed by atoms with E-state index in [1.54, 1.807) is 19.1 Å². The van der Waals surface area contributed by atoms with Crippen LogP contribution in [0.1, 0.15) is 18.9 Å². The summed E-state index contributed by atoms with van der Waals surface area (Å²) in [5.74, 6) is -0.00712. The zero-order chi connectivity index (χ0) is 14.6. The number of sulfone groups is 1. The van der Waals surface area contributed by atoms with Crippen molar-refractivity contribution in [1.29, 1.82) is 0 Å². The van der Waals surface area contributed by atoms with Crippen LogP contribution in [0.15, 0.2) is 30.3 Å². The van der Waals surface area contributed by atoms with Crippen molar-refractivity contribution in [1.82, 2.24) is 4.90 Å². The first-order chi connectivity index (χ1) is 9.47. The highest BCUT2D eigenvalue weighted by atomic mass is 32.2. The predicted molar refractivity (Wildman–Crippen MR) is 79.7 cm³/mol. The Labute approximate surface area is 120 Å². The highest BCUT2D eigenvalue weighted by Gasteiger charge is 2.25. The van der Waals surface area contributed by atoms with E-state index in [-0.39, 0.29) is 16.8 Å². The van der Waals surface area contributed by atoms with Crippen LogP contribution >= 0.6 is 0 Å². The molecule has 0 aromatic heterocycles. The normalized spacial score (nSPS) is 23.8. The van der Waals surface area contributed by atoms with E-state index in [0.29, 0.717) is 13.0 Å². The van der Waals surface area contributed by atoms with Crippen molar-refractivity contribution in [3.63, 3.8) is 0 Å². The molecule has 1 atom stereocenters. The summed E-state index contributed by atoms with van der Waals surface area (Å²) in [5, 5.41) is -0.242. The molecule has 0 saturated carbocycles. The van der Waals surface area contributed by atoms with Crippen molar-refractivity contribution in [2.75, 3.05) is 25.4 Å². The lowest BCUT2D eigenvalue weighted by atomic mass is 10.2. The van der Waals surface area contributed by atoms with E-state index >= 15 is 0 Å². The number of hydrogen-bond donors (Lipinski definition) is 0. The summed E-state index contributed by atoms with van der Waals surface area (Å²) >= 11 is 0. The largest absolute Gasteiger partial charge is 0.299 e. The molecule has 1 unspecified atom stereocenters. The van der Waals surface area contributed by atoms with Gasteiger partial charge in [0.15, 0.2) is 9.84 Å². The first-order valence-corrected chi connectivity index (χ1v) is 8.55. The number of hydrogen-bond acceptors (Lipinski definition) is 3. The summed E-state index contributed by atoms with van der Waals surface area (Å²) in [6.07, 6.45) is 4.62. The molecular weight excluding hydrogens is 277 g/mol. The molecule has 5 heteroatoms. The standard InChI is InChI=1S/C15H20FNO2S/c1-13-8-10-17(11-12-20(13,18)19)9-2-3-14-4-6-15(16)7-5-14/h2-7,13H,8-12H2,1H3/b3-2+. The van der Waals surface area contributed by atoms with Gasteiger partial charge in [0.25, 0.3) is 0 Å². The van der Waals surface area contributed by atoms with Gasteiger partial charge in [-0.2, -0.15) is 0 Å². The molecular formula is C15H20FNO2S. The van der Waals surface area contributed by atoms with Gasteiger partial charge in [-0.15, -0.1) is 0 Å². The Bertz CT molecular complexity index is 566. The second kappa shape index (κ2) is 6.50. The highest BCUT2D eigenvalue weighted by Crippen LogP contribution is 2.13. The van der Waals surface area contributed by atoms with Gasteiger partial charge in [-0.3, -0.25) is 4.90 Å². The van der Waals surface area contributed by atoms with Crippen LogP contribution in [0.2, 0.25) is 0 Å². The van der Waals surface area contributed by atoms with E-state index in [2.05, 4.69) is 4.90 Å². The van der Waals surface area contributed by atoms with Crippen LogP contribution in [-0.4, -0.2) is 44.0 Å². The van der Waals surface area contributed by atoms with Crippen LogP contribution in [0, 0.1) is 5.82 Å². The summed E-state index contributed by atoms with van der Waals surface area (Å²) in [7, 11) is -2.92. The van der Waals surface area contributed by atoms with Gasteiger partial charge in [0.2, 0.25) is 0 Å². The predicted octanol–water partition coefficient (Wildman–Crippen LogP) is 2.35. The van der Waals surface area contributed by atoms with E-state index < -0.39 is 9.84 Å². The Hall–Kier alpha value is -1.20. The minimum absolute atomic E-state index is 0.235. The first kappa shape index (κ1) is 15.2. The van der Waals surface area contributed by atoms with Gasteiger partial charge in [-0.25, -0.2) is 12.8 Å². The minimum atomic E-state index is -2.92. The monoisotopic (exact) mass is 297 g/mol. The molecule has 0 amide bonds. The molecule has 0 spiro atoms. The van der Waals surface area contributed by atoms with Crippen LogP contribution in [0.4, 0.5) is 4.39 Å². The first-order valence-electron chi connectivity index (χ1n) is 6.83. The number of halogens is 1. The lowest BCUT2D eigenvalue weighted by Crippen LogP contribution is -2.27. The van der Waals surface area contributed by atoms with E-state index in [0.717, 1.165) is 18.7 Å². The van der Waals surface area contributed by atoms with Gasteiger partial charge < -0.3 is 0 Å². The molecule has 3 nitrogen and oxygen atoms in total. The molecule has 2 rings (SSSR count). The van der Waals surface area contributed by atoms with E-state index in [1.165, 1.54) is 12.1 Å². The molecule has 0 radical (unpaired) electrons. The van der Waals surface area contributed by atoms with Gasteiger partial charge >= 0.3 is 0 Å². The Morgan fingerprint density at radius 2 is 2.00 bits per heavy atom. The minimum Gasteiger partial charge on any atom is -0.299 e. The van der Waals surface area contributed by atoms with E-state index in [4.69, 9.17) is 0 Å². The molecule has 1 aliphatic rings. The zero-order valence-electron chi connectivity index (χ0n) is 11.6. The van der Waals surface area contributed by atoms with Gasteiger partial charge in [0.1, 0.15) is 5.82 Å². The van der Waals surface area contributed by atoms with Crippen molar-refractivity contribution in [3.8, 4) is 0 Å². The topological polar surface area (TPSA) is 37.4 Å². The maximum Gasteiger partial charge on any atom is 0.154 e. The summed E-state index contributed by atoms with van der Waals surface area (Å²) < 4.78 is 36.4.